The number of fused-ring (bicyclic) bond motifs is 1. The molecule has 0 N–H and O–H groups in total. The summed E-state index contributed by atoms with van der Waals surface area (Å²) in [4.78, 5) is 22.4. The van der Waals surface area contributed by atoms with Gasteiger partial charge in [0, 0.05) is 49.2 Å². The van der Waals surface area contributed by atoms with Crippen LogP contribution < -0.4 is 9.80 Å². The maximum atomic E-state index is 4.67. The van der Waals surface area contributed by atoms with Gasteiger partial charge in [0.1, 0.15) is 23.8 Å². The second-order valence-electron chi connectivity index (χ2n) is 6.51. The summed E-state index contributed by atoms with van der Waals surface area (Å²) in [6.07, 6.45) is 1.55. The zero-order valence-corrected chi connectivity index (χ0v) is 15.1. The first kappa shape index (κ1) is 15.7. The molecule has 130 valence electrons. The molecule has 0 aliphatic carbocycles. The van der Waals surface area contributed by atoms with Crippen LogP contribution in [0.1, 0.15) is 22.8 Å². The number of nitrogens with zero attached hydrogens (tertiary/aromatic N) is 8. The fraction of sp³-hybridized carbons (Fsp3) is 0.471. The van der Waals surface area contributed by atoms with Crippen molar-refractivity contribution in [2.45, 2.75) is 27.7 Å². The summed E-state index contributed by atoms with van der Waals surface area (Å²) in [6, 6.07) is 2.07. The van der Waals surface area contributed by atoms with E-state index in [0.717, 1.165) is 60.6 Å². The van der Waals surface area contributed by atoms with Crippen molar-refractivity contribution in [3.8, 4) is 0 Å². The van der Waals surface area contributed by atoms with Crippen LogP contribution in [-0.4, -0.2) is 55.7 Å². The third-order valence-corrected chi connectivity index (χ3v) is 4.74. The van der Waals surface area contributed by atoms with Crippen LogP contribution in [0.2, 0.25) is 0 Å². The van der Waals surface area contributed by atoms with E-state index in [1.165, 1.54) is 0 Å². The van der Waals surface area contributed by atoms with Crippen molar-refractivity contribution in [1.82, 2.24) is 29.5 Å². The predicted octanol–water partition coefficient (Wildman–Crippen LogP) is 1.47. The fourth-order valence-corrected chi connectivity index (χ4v) is 3.34. The third kappa shape index (κ3) is 2.77. The molecule has 0 saturated carbocycles. The number of hydrogen-bond acceptors (Lipinski definition) is 7. The third-order valence-electron chi connectivity index (χ3n) is 4.74. The van der Waals surface area contributed by atoms with Gasteiger partial charge in [-0.2, -0.15) is 14.6 Å². The molecule has 0 spiro atoms. The maximum absolute atomic E-state index is 4.67. The second kappa shape index (κ2) is 5.94. The molecule has 0 radical (unpaired) electrons. The normalized spacial score (nSPS) is 15.2. The van der Waals surface area contributed by atoms with Crippen LogP contribution in [0, 0.1) is 27.7 Å². The number of anilines is 2. The lowest BCUT2D eigenvalue weighted by molar-refractivity contribution is 0.629. The number of aromatic nitrogens is 6. The minimum absolute atomic E-state index is 0.648. The quantitative estimate of drug-likeness (QED) is 0.700. The molecule has 1 aliphatic rings. The average Bonchev–Trinajstić information content (AvgIpc) is 3.06. The smallest absolute Gasteiger partial charge is 0.254 e. The van der Waals surface area contributed by atoms with Gasteiger partial charge in [0.15, 0.2) is 0 Å². The molecule has 4 rings (SSSR count). The van der Waals surface area contributed by atoms with Gasteiger partial charge in [-0.05, 0) is 27.7 Å². The van der Waals surface area contributed by atoms with Crippen molar-refractivity contribution in [2.75, 3.05) is 36.0 Å². The van der Waals surface area contributed by atoms with Crippen LogP contribution >= 0.6 is 0 Å². The van der Waals surface area contributed by atoms with Crippen LogP contribution in [0.5, 0.6) is 0 Å². The molecule has 8 heteroatoms. The second-order valence-corrected chi connectivity index (χ2v) is 6.51. The summed E-state index contributed by atoms with van der Waals surface area (Å²) >= 11 is 0. The number of hydrogen-bond donors (Lipinski definition) is 0. The van der Waals surface area contributed by atoms with E-state index in [2.05, 4.69) is 47.8 Å². The minimum Gasteiger partial charge on any atom is -0.353 e. The Hall–Kier alpha value is -2.77. The van der Waals surface area contributed by atoms with Gasteiger partial charge in [0.25, 0.3) is 5.78 Å². The zero-order valence-electron chi connectivity index (χ0n) is 15.1. The highest BCUT2D eigenvalue weighted by molar-refractivity contribution is 5.52. The van der Waals surface area contributed by atoms with Gasteiger partial charge < -0.3 is 9.80 Å². The molecular formula is C17H22N8. The van der Waals surface area contributed by atoms with E-state index in [9.17, 15) is 0 Å². The zero-order chi connectivity index (χ0) is 17.6. The standard InChI is InChI=1S/C17H22N8/c1-11-9-15(25-17(20-11)18-10-19-25)23-5-7-24(8-6-23)16-12(2)13(3)21-14(4)22-16/h9-10H,5-8H2,1-4H3. The van der Waals surface area contributed by atoms with Crippen LogP contribution in [-0.2, 0) is 0 Å². The molecule has 3 aromatic rings. The molecule has 1 fully saturated rings. The number of piperazine rings is 1. The SMILES string of the molecule is Cc1cc(N2CCN(c3nc(C)nc(C)c3C)CC2)n2ncnc2n1. The molecule has 0 amide bonds. The Labute approximate surface area is 146 Å². The molecule has 8 nitrogen and oxygen atoms in total. The Bertz CT molecular complexity index is 924. The Kier molecular flexibility index (Phi) is 3.74. The number of aryl methyl sites for hydroxylation is 3. The van der Waals surface area contributed by atoms with Crippen molar-refractivity contribution in [1.29, 1.82) is 0 Å². The van der Waals surface area contributed by atoms with E-state index >= 15 is 0 Å². The average molecular weight is 338 g/mol. The molecule has 0 atom stereocenters. The lowest BCUT2D eigenvalue weighted by Crippen LogP contribution is -2.47. The predicted molar refractivity (Wildman–Crippen MR) is 96.2 cm³/mol. The van der Waals surface area contributed by atoms with Gasteiger partial charge >= 0.3 is 0 Å². The highest BCUT2D eigenvalue weighted by Gasteiger charge is 2.23. The van der Waals surface area contributed by atoms with Gasteiger partial charge in [-0.25, -0.2) is 15.0 Å². The van der Waals surface area contributed by atoms with Crippen molar-refractivity contribution < 1.29 is 0 Å². The molecule has 4 heterocycles. The summed E-state index contributed by atoms with van der Waals surface area (Å²) < 4.78 is 1.81. The molecule has 25 heavy (non-hydrogen) atoms. The van der Waals surface area contributed by atoms with Crippen LogP contribution in [0.3, 0.4) is 0 Å². The van der Waals surface area contributed by atoms with Crippen LogP contribution in [0.25, 0.3) is 5.78 Å². The fourth-order valence-electron chi connectivity index (χ4n) is 3.34. The van der Waals surface area contributed by atoms with E-state index in [0.29, 0.717) is 5.78 Å². The summed E-state index contributed by atoms with van der Waals surface area (Å²) in [7, 11) is 0. The van der Waals surface area contributed by atoms with Gasteiger partial charge in [0.05, 0.1) is 0 Å². The molecule has 0 unspecified atom stereocenters. The Morgan fingerprint density at radius 3 is 2.36 bits per heavy atom. The van der Waals surface area contributed by atoms with E-state index in [1.54, 1.807) is 6.33 Å². The molecule has 0 bridgehead atoms. The molecule has 0 aromatic carbocycles. The molecule has 1 aliphatic heterocycles. The summed E-state index contributed by atoms with van der Waals surface area (Å²) in [6.45, 7) is 11.7. The van der Waals surface area contributed by atoms with Crippen molar-refractivity contribution in [3.05, 3.63) is 35.2 Å². The van der Waals surface area contributed by atoms with Crippen molar-refractivity contribution in [3.63, 3.8) is 0 Å². The van der Waals surface area contributed by atoms with E-state index in [1.807, 2.05) is 25.3 Å². The topological polar surface area (TPSA) is 75.3 Å². The Morgan fingerprint density at radius 1 is 0.880 bits per heavy atom. The monoisotopic (exact) mass is 338 g/mol. The minimum atomic E-state index is 0.648. The van der Waals surface area contributed by atoms with Crippen LogP contribution in [0.4, 0.5) is 11.6 Å². The lowest BCUT2D eigenvalue weighted by Gasteiger charge is -2.37. The highest BCUT2D eigenvalue weighted by Crippen LogP contribution is 2.23. The Morgan fingerprint density at radius 2 is 1.60 bits per heavy atom. The van der Waals surface area contributed by atoms with Crippen LogP contribution in [0.15, 0.2) is 12.4 Å². The van der Waals surface area contributed by atoms with Gasteiger partial charge in [-0.15, -0.1) is 0 Å². The first-order valence-electron chi connectivity index (χ1n) is 8.52. The van der Waals surface area contributed by atoms with E-state index in [4.69, 9.17) is 0 Å². The van der Waals surface area contributed by atoms with Gasteiger partial charge in [-0.1, -0.05) is 0 Å². The van der Waals surface area contributed by atoms with Gasteiger partial charge in [-0.3, -0.25) is 0 Å². The highest BCUT2D eigenvalue weighted by atomic mass is 15.4. The largest absolute Gasteiger partial charge is 0.353 e. The summed E-state index contributed by atoms with van der Waals surface area (Å²) in [5, 5.41) is 4.32. The number of rotatable bonds is 2. The summed E-state index contributed by atoms with van der Waals surface area (Å²) in [5.74, 6) is 3.58. The Balaban J connectivity index is 1.58. The van der Waals surface area contributed by atoms with Crippen molar-refractivity contribution >= 4 is 17.4 Å². The van der Waals surface area contributed by atoms with E-state index < -0.39 is 0 Å². The summed E-state index contributed by atoms with van der Waals surface area (Å²) in [5.41, 5.74) is 3.17. The molecular weight excluding hydrogens is 316 g/mol. The lowest BCUT2D eigenvalue weighted by atomic mass is 10.2. The molecule has 3 aromatic heterocycles. The van der Waals surface area contributed by atoms with Crippen molar-refractivity contribution in [2.24, 2.45) is 0 Å². The van der Waals surface area contributed by atoms with Gasteiger partial charge in [0.2, 0.25) is 0 Å². The maximum Gasteiger partial charge on any atom is 0.254 e. The first-order chi connectivity index (χ1) is 12.0. The molecule has 1 saturated heterocycles. The first-order valence-corrected chi connectivity index (χ1v) is 8.52. The van der Waals surface area contributed by atoms with E-state index in [-0.39, 0.29) is 0 Å².